The lowest BCUT2D eigenvalue weighted by atomic mass is 9.52. The fourth-order valence-corrected chi connectivity index (χ4v) is 10.7. The molecule has 7 heteroatoms. The second-order valence-electron chi connectivity index (χ2n) is 14.0. The summed E-state index contributed by atoms with van der Waals surface area (Å²) in [6, 6.07) is 10.0. The van der Waals surface area contributed by atoms with Crippen molar-refractivity contribution < 1.29 is 9.90 Å². The van der Waals surface area contributed by atoms with E-state index < -0.39 is 11.9 Å². The van der Waals surface area contributed by atoms with Crippen LogP contribution in [0.3, 0.4) is 0 Å². The van der Waals surface area contributed by atoms with Crippen LogP contribution < -0.4 is 10.5 Å². The van der Waals surface area contributed by atoms with Crippen LogP contribution in [0.4, 0.5) is 5.82 Å². The van der Waals surface area contributed by atoms with Gasteiger partial charge in [-0.05, 0) is 99.5 Å². The predicted octanol–water partition coefficient (Wildman–Crippen LogP) is 5.08. The molecule has 208 valence electrons. The van der Waals surface area contributed by atoms with Crippen LogP contribution in [0, 0.1) is 29.1 Å². The summed E-state index contributed by atoms with van der Waals surface area (Å²) >= 11 is 0. The number of hydrogen-bond acceptors (Lipinski definition) is 5. The predicted molar refractivity (Wildman–Crippen MR) is 151 cm³/mol. The fourth-order valence-electron chi connectivity index (χ4n) is 10.7. The normalized spacial score (nSPS) is 39.7. The molecule has 7 nitrogen and oxygen atoms in total. The minimum absolute atomic E-state index is 0.0359. The number of aromatic nitrogens is 2. The molecule has 0 spiro atoms. The number of hydrogen-bond donors (Lipinski definition) is 1. The third kappa shape index (κ3) is 3.53. The maximum atomic E-state index is 14.0. The largest absolute Gasteiger partial charge is 0.481 e. The van der Waals surface area contributed by atoms with Crippen molar-refractivity contribution in [1.82, 2.24) is 14.5 Å². The Labute approximate surface area is 230 Å². The fraction of sp³-hybridized carbons (Fsp3) is 0.719. The monoisotopic (exact) mass is 530 g/mol. The number of nitrogens with zero attached hydrogens (tertiary/aromatic N) is 4. The average Bonchev–Trinajstić information content (AvgIpc) is 3.07. The number of rotatable bonds is 5. The molecule has 1 aromatic carbocycles. The summed E-state index contributed by atoms with van der Waals surface area (Å²) in [6.45, 7) is 3.18. The molecule has 0 radical (unpaired) electrons. The van der Waals surface area contributed by atoms with Gasteiger partial charge in [-0.2, -0.15) is 0 Å². The van der Waals surface area contributed by atoms with Crippen molar-refractivity contribution in [3.8, 4) is 0 Å². The number of benzene rings is 1. The zero-order valence-corrected chi connectivity index (χ0v) is 23.2. The van der Waals surface area contributed by atoms with Gasteiger partial charge in [0, 0.05) is 37.3 Å². The van der Waals surface area contributed by atoms with E-state index in [0.29, 0.717) is 36.4 Å². The second-order valence-corrected chi connectivity index (χ2v) is 14.0. The first-order chi connectivity index (χ1) is 18.9. The Morgan fingerprint density at radius 3 is 2.46 bits per heavy atom. The van der Waals surface area contributed by atoms with Gasteiger partial charge in [0.1, 0.15) is 0 Å². The Hall–Kier alpha value is -2.41. The summed E-state index contributed by atoms with van der Waals surface area (Å²) < 4.78 is 2.06. The minimum atomic E-state index is -0.790. The van der Waals surface area contributed by atoms with Crippen molar-refractivity contribution in [2.24, 2.45) is 29.1 Å². The molecule has 39 heavy (non-hydrogen) atoms. The van der Waals surface area contributed by atoms with Gasteiger partial charge in [-0.25, -0.2) is 4.98 Å². The van der Waals surface area contributed by atoms with Gasteiger partial charge in [-0.15, -0.1) is 0 Å². The molecule has 7 unspecified atom stereocenters. The lowest BCUT2D eigenvalue weighted by molar-refractivity contribution is -0.142. The van der Waals surface area contributed by atoms with Crippen LogP contribution in [0.1, 0.15) is 83.6 Å². The minimum Gasteiger partial charge on any atom is -0.481 e. The van der Waals surface area contributed by atoms with Gasteiger partial charge in [0.15, 0.2) is 5.82 Å². The first-order valence-electron chi connectivity index (χ1n) is 15.7. The molecular weight excluding hydrogens is 488 g/mol. The first kappa shape index (κ1) is 24.4. The summed E-state index contributed by atoms with van der Waals surface area (Å²) in [7, 11) is 0. The van der Waals surface area contributed by atoms with Gasteiger partial charge in [-0.1, -0.05) is 25.5 Å². The van der Waals surface area contributed by atoms with Crippen LogP contribution in [0.15, 0.2) is 29.1 Å². The van der Waals surface area contributed by atoms with Crippen LogP contribution in [-0.2, 0) is 4.79 Å². The molecule has 2 aromatic rings. The SMILES string of the molecule is CCC12CC3CC(N4C5CCCC4CC(n4c(=O)c(N6CC(C(=O)O)C6)nc6ccccc64)C5)CC1CC2C3. The number of para-hydroxylation sites is 2. The lowest BCUT2D eigenvalue weighted by Crippen LogP contribution is -2.59. The highest BCUT2D eigenvalue weighted by Gasteiger charge is 2.61. The number of carboxylic acids is 1. The standard InChI is InChI=1S/C32H42N4O3/c1-2-32-16-19-10-21(32)12-22(32)13-25(11-19)35-23-6-5-7-24(35)15-26(14-23)36-28-9-4-3-8-27(28)33-29(30(36)37)34-17-20(18-34)31(38)39/h3-4,8-9,19-26H,2,5-7,10-18H2,1H3,(H,38,39). The lowest BCUT2D eigenvalue weighted by Gasteiger charge is -2.57. The van der Waals surface area contributed by atoms with E-state index in [1.165, 1.54) is 57.8 Å². The van der Waals surface area contributed by atoms with E-state index in [4.69, 9.17) is 4.98 Å². The van der Waals surface area contributed by atoms with Gasteiger partial charge < -0.3 is 14.6 Å². The molecule has 8 rings (SSSR count). The summed E-state index contributed by atoms with van der Waals surface area (Å²) in [4.78, 5) is 35.1. The van der Waals surface area contributed by atoms with E-state index in [9.17, 15) is 14.7 Å². The highest BCUT2D eigenvalue weighted by molar-refractivity contribution is 5.78. The maximum Gasteiger partial charge on any atom is 0.310 e. The quantitative estimate of drug-likeness (QED) is 0.581. The molecule has 6 aliphatic rings. The van der Waals surface area contributed by atoms with Crippen LogP contribution in [0.25, 0.3) is 11.0 Å². The average molecular weight is 531 g/mol. The molecular formula is C32H42N4O3. The second kappa shape index (κ2) is 8.79. The molecule has 6 fully saturated rings. The Kier molecular flexibility index (Phi) is 5.50. The van der Waals surface area contributed by atoms with Crippen molar-refractivity contribution in [3.05, 3.63) is 34.6 Å². The van der Waals surface area contributed by atoms with E-state index >= 15 is 0 Å². The first-order valence-corrected chi connectivity index (χ1v) is 15.7. The van der Waals surface area contributed by atoms with Crippen molar-refractivity contribution >= 4 is 22.8 Å². The van der Waals surface area contributed by atoms with E-state index in [2.05, 4.69) is 16.4 Å². The van der Waals surface area contributed by atoms with Crippen LogP contribution in [0.2, 0.25) is 0 Å². The summed E-state index contributed by atoms with van der Waals surface area (Å²) in [5.74, 6) is 2.10. The van der Waals surface area contributed by atoms with Gasteiger partial charge >= 0.3 is 5.97 Å². The third-order valence-electron chi connectivity index (χ3n) is 12.4. The van der Waals surface area contributed by atoms with Crippen molar-refractivity contribution in [3.63, 3.8) is 0 Å². The van der Waals surface area contributed by atoms with E-state index in [0.717, 1.165) is 47.7 Å². The molecule has 3 aliphatic heterocycles. The van der Waals surface area contributed by atoms with E-state index in [1.54, 1.807) is 0 Å². The van der Waals surface area contributed by atoms with Crippen LogP contribution in [0.5, 0.6) is 0 Å². The number of carboxylic acid groups (broad SMARTS) is 1. The van der Waals surface area contributed by atoms with Gasteiger partial charge in [0.05, 0.1) is 17.0 Å². The third-order valence-corrected chi connectivity index (χ3v) is 12.4. The topological polar surface area (TPSA) is 78.7 Å². The number of carbonyl (C=O) groups is 1. The van der Waals surface area contributed by atoms with Crippen LogP contribution in [-0.4, -0.2) is 56.7 Å². The van der Waals surface area contributed by atoms with Crippen LogP contribution >= 0.6 is 0 Å². The summed E-state index contributed by atoms with van der Waals surface area (Å²) in [5.41, 5.74) is 2.40. The molecule has 1 aromatic heterocycles. The van der Waals surface area contributed by atoms with Gasteiger partial charge in [0.25, 0.3) is 5.56 Å². The number of piperidine rings is 2. The smallest absolute Gasteiger partial charge is 0.310 e. The molecule has 3 aliphatic carbocycles. The highest BCUT2D eigenvalue weighted by Crippen LogP contribution is 2.69. The number of aliphatic carboxylic acids is 1. The zero-order chi connectivity index (χ0) is 26.5. The Bertz CT molecular complexity index is 1350. The summed E-state index contributed by atoms with van der Waals surface area (Å²) in [5, 5.41) is 9.39. The van der Waals surface area contributed by atoms with E-state index in [-0.39, 0.29) is 11.6 Å². The molecule has 7 atom stereocenters. The number of anilines is 1. The Balaban J connectivity index is 1.10. The molecule has 4 heterocycles. The highest BCUT2D eigenvalue weighted by atomic mass is 16.4. The molecule has 3 saturated heterocycles. The molecule has 4 bridgehead atoms. The van der Waals surface area contributed by atoms with Crippen molar-refractivity contribution in [2.45, 2.75) is 102 Å². The summed E-state index contributed by atoms with van der Waals surface area (Å²) in [6.07, 6.45) is 14.5. The number of fused-ring (bicyclic) bond motifs is 4. The van der Waals surface area contributed by atoms with E-state index in [1.807, 2.05) is 29.2 Å². The molecule has 0 amide bonds. The Morgan fingerprint density at radius 1 is 0.974 bits per heavy atom. The maximum absolute atomic E-state index is 14.0. The van der Waals surface area contributed by atoms with Crippen molar-refractivity contribution in [2.75, 3.05) is 18.0 Å². The zero-order valence-electron chi connectivity index (χ0n) is 23.2. The molecule has 3 saturated carbocycles. The Morgan fingerprint density at radius 2 is 1.72 bits per heavy atom. The van der Waals surface area contributed by atoms with Gasteiger partial charge in [-0.3, -0.25) is 14.5 Å². The van der Waals surface area contributed by atoms with Gasteiger partial charge in [0.2, 0.25) is 0 Å². The van der Waals surface area contributed by atoms with Crippen molar-refractivity contribution in [1.29, 1.82) is 0 Å². The molecule has 1 N–H and O–H groups in total.